The monoisotopic (exact) mass is 279 g/mol. The number of aryl methyl sites for hydroxylation is 1. The highest BCUT2D eigenvalue weighted by atomic mass is 35.5. The molecule has 1 aliphatic carbocycles. The molecule has 2 aromatic carbocycles. The Morgan fingerprint density at radius 2 is 1.75 bits per heavy atom. The van der Waals surface area contributed by atoms with Gasteiger partial charge in [0.2, 0.25) is 0 Å². The summed E-state index contributed by atoms with van der Waals surface area (Å²) < 4.78 is 0. The highest BCUT2D eigenvalue weighted by molar-refractivity contribution is 6.38. The zero-order chi connectivity index (χ0) is 13.9. The van der Waals surface area contributed by atoms with Gasteiger partial charge in [-0.25, -0.2) is 4.98 Å². The lowest BCUT2D eigenvalue weighted by atomic mass is 10.0. The van der Waals surface area contributed by atoms with Crippen molar-refractivity contribution < 1.29 is 4.79 Å². The first-order valence-electron chi connectivity index (χ1n) is 6.41. The molecule has 1 aromatic heterocycles. The molecule has 2 nitrogen and oxygen atoms in total. The van der Waals surface area contributed by atoms with Gasteiger partial charge in [-0.05, 0) is 24.1 Å². The Balaban J connectivity index is 2.23. The van der Waals surface area contributed by atoms with Crippen molar-refractivity contribution in [1.82, 2.24) is 4.98 Å². The maximum absolute atomic E-state index is 12.5. The molecule has 3 aromatic rings. The predicted molar refractivity (Wildman–Crippen MR) is 80.4 cm³/mol. The molecule has 0 atom stereocenters. The van der Waals surface area contributed by atoms with Crippen molar-refractivity contribution in [3.8, 4) is 11.1 Å². The van der Waals surface area contributed by atoms with E-state index in [1.54, 1.807) is 0 Å². The standard InChI is InChI=1S/C17H10ClNO/c1-9-6-7-12-13(8-9)19-17(18)15-14(12)10-4-2-3-5-11(10)16(15)20/h2-8H,1H3. The van der Waals surface area contributed by atoms with E-state index in [1.165, 1.54) is 0 Å². The van der Waals surface area contributed by atoms with E-state index in [-0.39, 0.29) is 5.78 Å². The minimum Gasteiger partial charge on any atom is -0.288 e. The van der Waals surface area contributed by atoms with Crippen molar-refractivity contribution in [2.45, 2.75) is 6.92 Å². The van der Waals surface area contributed by atoms with Crippen LogP contribution in [0, 0.1) is 6.92 Å². The molecule has 3 heteroatoms. The second-order valence-electron chi connectivity index (χ2n) is 5.05. The van der Waals surface area contributed by atoms with Gasteiger partial charge < -0.3 is 0 Å². The van der Waals surface area contributed by atoms with Gasteiger partial charge in [-0.1, -0.05) is 48.0 Å². The summed E-state index contributed by atoms with van der Waals surface area (Å²) >= 11 is 6.25. The molecular formula is C17H10ClNO. The fourth-order valence-electron chi connectivity index (χ4n) is 2.87. The molecule has 0 spiro atoms. The number of fused-ring (bicyclic) bond motifs is 5. The number of hydrogen-bond donors (Lipinski definition) is 0. The van der Waals surface area contributed by atoms with Crippen LogP contribution in [0.2, 0.25) is 5.15 Å². The van der Waals surface area contributed by atoms with Crippen molar-refractivity contribution in [3.05, 3.63) is 64.3 Å². The van der Waals surface area contributed by atoms with E-state index in [1.807, 2.05) is 49.4 Å². The summed E-state index contributed by atoms with van der Waals surface area (Å²) in [6.07, 6.45) is 0. The Morgan fingerprint density at radius 3 is 2.55 bits per heavy atom. The number of halogens is 1. The maximum atomic E-state index is 12.5. The van der Waals surface area contributed by atoms with Crippen molar-refractivity contribution >= 4 is 28.3 Å². The summed E-state index contributed by atoms with van der Waals surface area (Å²) in [6.45, 7) is 2.02. The molecule has 0 saturated carbocycles. The number of nitrogens with zero attached hydrogens (tertiary/aromatic N) is 1. The van der Waals surface area contributed by atoms with E-state index in [4.69, 9.17) is 11.6 Å². The normalized spacial score (nSPS) is 12.6. The van der Waals surface area contributed by atoms with Crippen molar-refractivity contribution in [3.63, 3.8) is 0 Å². The molecule has 20 heavy (non-hydrogen) atoms. The first-order chi connectivity index (χ1) is 9.66. The molecule has 4 rings (SSSR count). The van der Waals surface area contributed by atoms with Gasteiger partial charge in [0.15, 0.2) is 5.78 Å². The smallest absolute Gasteiger partial charge is 0.197 e. The molecule has 1 aliphatic rings. The van der Waals surface area contributed by atoms with Crippen LogP contribution in [0.5, 0.6) is 0 Å². The Bertz CT molecular complexity index is 899. The fourth-order valence-corrected chi connectivity index (χ4v) is 3.14. The Hall–Kier alpha value is -2.19. The number of ketones is 1. The molecule has 0 N–H and O–H groups in total. The maximum Gasteiger partial charge on any atom is 0.197 e. The third kappa shape index (κ3) is 1.40. The minimum absolute atomic E-state index is 0.0319. The van der Waals surface area contributed by atoms with Gasteiger partial charge in [-0.3, -0.25) is 4.79 Å². The van der Waals surface area contributed by atoms with Crippen LogP contribution in [0.25, 0.3) is 22.0 Å². The number of rotatable bonds is 0. The topological polar surface area (TPSA) is 30.0 Å². The molecule has 0 bridgehead atoms. The fraction of sp³-hybridized carbons (Fsp3) is 0.0588. The molecule has 0 saturated heterocycles. The summed E-state index contributed by atoms with van der Waals surface area (Å²) in [5, 5.41) is 1.27. The van der Waals surface area contributed by atoms with Gasteiger partial charge in [-0.15, -0.1) is 0 Å². The van der Waals surface area contributed by atoms with Crippen LogP contribution in [0.1, 0.15) is 21.5 Å². The highest BCUT2D eigenvalue weighted by Gasteiger charge is 2.31. The zero-order valence-corrected chi connectivity index (χ0v) is 11.5. The average molecular weight is 280 g/mol. The van der Waals surface area contributed by atoms with E-state index in [0.29, 0.717) is 16.3 Å². The zero-order valence-electron chi connectivity index (χ0n) is 10.8. The van der Waals surface area contributed by atoms with E-state index in [0.717, 1.165) is 27.6 Å². The second-order valence-corrected chi connectivity index (χ2v) is 5.41. The molecule has 0 unspecified atom stereocenters. The lowest BCUT2D eigenvalue weighted by Crippen LogP contribution is -1.98. The number of benzene rings is 2. The molecule has 0 aliphatic heterocycles. The SMILES string of the molecule is Cc1ccc2c3c(c(Cl)nc2c1)C(=O)c1ccccc1-3. The number of carbonyl (C=O) groups is 1. The summed E-state index contributed by atoms with van der Waals surface area (Å²) in [5.41, 5.74) is 5.06. The summed E-state index contributed by atoms with van der Waals surface area (Å²) in [7, 11) is 0. The predicted octanol–water partition coefficient (Wildman–Crippen LogP) is 4.41. The lowest BCUT2D eigenvalue weighted by molar-refractivity contribution is 0.104. The Labute approximate surface area is 121 Å². The van der Waals surface area contributed by atoms with Crippen LogP contribution in [-0.2, 0) is 0 Å². The van der Waals surface area contributed by atoms with Gasteiger partial charge >= 0.3 is 0 Å². The van der Waals surface area contributed by atoms with E-state index < -0.39 is 0 Å². The van der Waals surface area contributed by atoms with Gasteiger partial charge in [0.25, 0.3) is 0 Å². The van der Waals surface area contributed by atoms with Crippen LogP contribution in [0.4, 0.5) is 0 Å². The molecular weight excluding hydrogens is 270 g/mol. The first kappa shape index (κ1) is 11.6. The largest absolute Gasteiger partial charge is 0.288 e. The van der Waals surface area contributed by atoms with Gasteiger partial charge in [0.1, 0.15) is 5.15 Å². The summed E-state index contributed by atoms with van der Waals surface area (Å²) in [5.74, 6) is -0.0319. The number of pyridine rings is 1. The summed E-state index contributed by atoms with van der Waals surface area (Å²) in [6, 6.07) is 13.7. The summed E-state index contributed by atoms with van der Waals surface area (Å²) in [4.78, 5) is 16.9. The third-order valence-corrected chi connectivity index (χ3v) is 4.04. The number of hydrogen-bond acceptors (Lipinski definition) is 2. The van der Waals surface area contributed by atoms with E-state index in [2.05, 4.69) is 4.98 Å². The van der Waals surface area contributed by atoms with Crippen LogP contribution >= 0.6 is 11.6 Å². The quantitative estimate of drug-likeness (QED) is 0.446. The molecule has 0 amide bonds. The van der Waals surface area contributed by atoms with Crippen molar-refractivity contribution in [2.24, 2.45) is 0 Å². The lowest BCUT2D eigenvalue weighted by Gasteiger charge is -2.07. The van der Waals surface area contributed by atoms with Gasteiger partial charge in [0, 0.05) is 16.5 Å². The van der Waals surface area contributed by atoms with Crippen molar-refractivity contribution in [2.75, 3.05) is 0 Å². The van der Waals surface area contributed by atoms with Gasteiger partial charge in [-0.2, -0.15) is 0 Å². The first-order valence-corrected chi connectivity index (χ1v) is 6.78. The van der Waals surface area contributed by atoms with E-state index >= 15 is 0 Å². The average Bonchev–Trinajstić information content (AvgIpc) is 2.74. The molecule has 96 valence electrons. The van der Waals surface area contributed by atoms with Crippen LogP contribution in [-0.4, -0.2) is 10.8 Å². The molecule has 0 fully saturated rings. The minimum atomic E-state index is -0.0319. The number of aromatic nitrogens is 1. The van der Waals surface area contributed by atoms with Crippen molar-refractivity contribution in [1.29, 1.82) is 0 Å². The highest BCUT2D eigenvalue weighted by Crippen LogP contribution is 2.43. The van der Waals surface area contributed by atoms with Gasteiger partial charge in [0.05, 0.1) is 11.1 Å². The molecule has 1 heterocycles. The number of carbonyl (C=O) groups excluding carboxylic acids is 1. The molecule has 0 radical (unpaired) electrons. The van der Waals surface area contributed by atoms with Crippen LogP contribution in [0.3, 0.4) is 0 Å². The van der Waals surface area contributed by atoms with E-state index in [9.17, 15) is 4.79 Å². The van der Waals surface area contributed by atoms with Crippen LogP contribution in [0.15, 0.2) is 42.5 Å². The van der Waals surface area contributed by atoms with Crippen LogP contribution < -0.4 is 0 Å². The third-order valence-electron chi connectivity index (χ3n) is 3.77. The Kier molecular flexibility index (Phi) is 2.27. The Morgan fingerprint density at radius 1 is 1.00 bits per heavy atom. The second kappa shape index (κ2) is 3.90.